The molecule has 14 heteroatoms. The number of rotatable bonds is 10. The monoisotopic (exact) mass is 555 g/mol. The topological polar surface area (TPSA) is 164 Å². The summed E-state index contributed by atoms with van der Waals surface area (Å²) in [5.41, 5.74) is 0.467. The predicted molar refractivity (Wildman–Crippen MR) is 133 cm³/mol. The molecule has 3 aromatic rings. The largest absolute Gasteiger partial charge is 0.497 e. The molecule has 0 bridgehead atoms. The quantitative estimate of drug-likeness (QED) is 0.369. The number of thiazole rings is 1. The van der Waals surface area contributed by atoms with Crippen LogP contribution in [0.25, 0.3) is 10.2 Å². The Bertz CT molecular complexity index is 1550. The molecule has 1 aromatic heterocycles. The minimum Gasteiger partial charge on any atom is -0.497 e. The number of hydrogen-bond donors (Lipinski definition) is 1. The van der Waals surface area contributed by atoms with Crippen molar-refractivity contribution in [1.82, 2.24) is 4.57 Å². The minimum atomic E-state index is -3.96. The molecule has 11 nitrogen and oxygen atoms in total. The van der Waals surface area contributed by atoms with Crippen LogP contribution in [0.2, 0.25) is 0 Å². The van der Waals surface area contributed by atoms with Crippen molar-refractivity contribution < 1.29 is 35.9 Å². The molecule has 0 radical (unpaired) electrons. The van der Waals surface area contributed by atoms with E-state index in [2.05, 4.69) is 4.99 Å². The molecule has 0 saturated carbocycles. The number of primary sulfonamides is 1. The van der Waals surface area contributed by atoms with Crippen molar-refractivity contribution in [3.05, 3.63) is 47.3 Å². The Morgan fingerprint density at radius 1 is 1.06 bits per heavy atom. The van der Waals surface area contributed by atoms with Gasteiger partial charge in [0.1, 0.15) is 12.3 Å². The van der Waals surface area contributed by atoms with E-state index in [-0.39, 0.29) is 46.3 Å². The number of amides is 1. The summed E-state index contributed by atoms with van der Waals surface area (Å²) in [6.45, 7) is 1.56. The maximum Gasteiger partial charge on any atom is 0.326 e. The lowest BCUT2D eigenvalue weighted by Crippen LogP contribution is -2.23. The van der Waals surface area contributed by atoms with Gasteiger partial charge in [-0.05, 0) is 55.8 Å². The van der Waals surface area contributed by atoms with Crippen molar-refractivity contribution in [3.8, 4) is 5.75 Å². The van der Waals surface area contributed by atoms with Crippen LogP contribution < -0.4 is 14.7 Å². The summed E-state index contributed by atoms with van der Waals surface area (Å²) in [6.07, 6.45) is -0.111. The van der Waals surface area contributed by atoms with Crippen LogP contribution in [0.5, 0.6) is 5.75 Å². The van der Waals surface area contributed by atoms with Crippen molar-refractivity contribution in [2.45, 2.75) is 36.1 Å². The van der Waals surface area contributed by atoms with Crippen molar-refractivity contribution in [1.29, 1.82) is 0 Å². The zero-order chi connectivity index (χ0) is 26.5. The van der Waals surface area contributed by atoms with E-state index in [1.807, 2.05) is 0 Å². The van der Waals surface area contributed by atoms with Gasteiger partial charge in [-0.25, -0.2) is 22.0 Å². The number of aromatic nitrogens is 1. The van der Waals surface area contributed by atoms with Crippen LogP contribution in [-0.4, -0.2) is 52.7 Å². The Labute approximate surface area is 212 Å². The first kappa shape index (κ1) is 27.5. The number of nitrogens with two attached hydrogens (primary N) is 1. The lowest BCUT2D eigenvalue weighted by Gasteiger charge is -2.06. The summed E-state index contributed by atoms with van der Waals surface area (Å²) >= 11 is 0.999. The molecule has 1 amide bonds. The highest BCUT2D eigenvalue weighted by atomic mass is 32.2. The van der Waals surface area contributed by atoms with Gasteiger partial charge in [0.05, 0.1) is 39.5 Å². The number of sulfone groups is 1. The molecule has 0 aliphatic carbocycles. The second-order valence-corrected chi connectivity index (χ2v) is 12.2. The summed E-state index contributed by atoms with van der Waals surface area (Å²) in [5.74, 6) is -0.880. The van der Waals surface area contributed by atoms with E-state index >= 15 is 0 Å². The van der Waals surface area contributed by atoms with E-state index < -0.39 is 31.7 Å². The molecule has 0 atom stereocenters. The first-order valence-electron chi connectivity index (χ1n) is 10.7. The number of sulfonamides is 1. The number of carbonyl (C=O) groups excluding carboxylic acids is 2. The molecule has 36 heavy (non-hydrogen) atoms. The van der Waals surface area contributed by atoms with Gasteiger partial charge < -0.3 is 14.0 Å². The Morgan fingerprint density at radius 2 is 1.72 bits per heavy atom. The average molecular weight is 556 g/mol. The van der Waals surface area contributed by atoms with Gasteiger partial charge in [0.15, 0.2) is 14.6 Å². The molecule has 0 saturated heterocycles. The number of esters is 1. The number of carbonyl (C=O) groups is 2. The van der Waals surface area contributed by atoms with Gasteiger partial charge in [-0.15, -0.1) is 0 Å². The van der Waals surface area contributed by atoms with Gasteiger partial charge in [-0.3, -0.25) is 9.59 Å². The Hall–Kier alpha value is -3.07. The summed E-state index contributed by atoms with van der Waals surface area (Å²) < 4.78 is 60.4. The van der Waals surface area contributed by atoms with Crippen LogP contribution >= 0.6 is 11.3 Å². The molecule has 1 heterocycles. The van der Waals surface area contributed by atoms with Gasteiger partial charge in [0, 0.05) is 6.42 Å². The fourth-order valence-corrected chi connectivity index (χ4v) is 6.29. The van der Waals surface area contributed by atoms with Crippen LogP contribution in [0.15, 0.2) is 57.2 Å². The second-order valence-electron chi connectivity index (χ2n) is 7.55. The Morgan fingerprint density at radius 3 is 2.33 bits per heavy atom. The third-order valence-corrected chi connectivity index (χ3v) is 8.79. The Balaban J connectivity index is 1.84. The minimum absolute atomic E-state index is 0.0367. The predicted octanol–water partition coefficient (Wildman–Crippen LogP) is 1.60. The number of hydrogen-bond acceptors (Lipinski definition) is 9. The zero-order valence-electron chi connectivity index (χ0n) is 19.5. The highest BCUT2D eigenvalue weighted by Crippen LogP contribution is 2.22. The number of fused-ring (bicyclic) bond motifs is 1. The van der Waals surface area contributed by atoms with E-state index in [0.29, 0.717) is 16.0 Å². The van der Waals surface area contributed by atoms with Crippen LogP contribution in [0.1, 0.15) is 19.8 Å². The molecule has 194 valence electrons. The van der Waals surface area contributed by atoms with Gasteiger partial charge >= 0.3 is 5.97 Å². The van der Waals surface area contributed by atoms with Gasteiger partial charge in [-0.2, -0.15) is 4.99 Å². The Kier molecular flexibility index (Phi) is 8.66. The zero-order valence-corrected chi connectivity index (χ0v) is 22.0. The highest BCUT2D eigenvalue weighted by Gasteiger charge is 2.17. The third-order valence-electron chi connectivity index (χ3n) is 5.02. The molecule has 0 fully saturated rings. The number of benzene rings is 2. The lowest BCUT2D eigenvalue weighted by atomic mass is 10.3. The molecule has 0 aliphatic heterocycles. The maximum atomic E-state index is 12.6. The lowest BCUT2D eigenvalue weighted by molar-refractivity contribution is -0.143. The SMILES string of the molecule is CCOC(=O)Cn1c(=NC(=O)CCCS(=O)(=O)c2ccc(OC)cc2)sc2cc(S(N)(=O)=O)ccc21. The van der Waals surface area contributed by atoms with Crippen LogP contribution in [-0.2, 0) is 40.7 Å². The van der Waals surface area contributed by atoms with E-state index in [1.165, 1.54) is 42.0 Å². The van der Waals surface area contributed by atoms with Crippen molar-refractivity contribution in [2.75, 3.05) is 19.5 Å². The van der Waals surface area contributed by atoms with Crippen molar-refractivity contribution in [3.63, 3.8) is 0 Å². The summed E-state index contributed by atoms with van der Waals surface area (Å²) in [7, 11) is -6.09. The number of ether oxygens (including phenoxy) is 2. The average Bonchev–Trinajstić information content (AvgIpc) is 3.14. The smallest absolute Gasteiger partial charge is 0.326 e. The van der Waals surface area contributed by atoms with E-state index in [4.69, 9.17) is 14.6 Å². The fraction of sp³-hybridized carbons (Fsp3) is 0.318. The first-order chi connectivity index (χ1) is 16.9. The standard InChI is InChI=1S/C22H25N3O8S3/c1-3-33-21(27)14-25-18-11-10-17(36(23,30)31)13-19(18)34-22(25)24-20(26)5-4-12-35(28,29)16-8-6-15(32-2)7-9-16/h6-11,13H,3-5,12,14H2,1-2H3,(H2,23,30,31). The van der Waals surface area contributed by atoms with Crippen LogP contribution in [0.3, 0.4) is 0 Å². The van der Waals surface area contributed by atoms with Crippen LogP contribution in [0.4, 0.5) is 0 Å². The normalized spacial score (nSPS) is 12.6. The molecular weight excluding hydrogens is 530 g/mol. The molecule has 0 unspecified atom stereocenters. The molecule has 3 rings (SSSR count). The third kappa shape index (κ3) is 6.78. The molecule has 2 aromatic carbocycles. The number of methoxy groups -OCH3 is 1. The summed E-state index contributed by atoms with van der Waals surface area (Å²) in [6, 6.07) is 10.0. The fourth-order valence-electron chi connectivity index (χ4n) is 3.28. The number of nitrogens with zero attached hydrogens (tertiary/aromatic N) is 2. The molecule has 0 aliphatic rings. The summed E-state index contributed by atoms with van der Waals surface area (Å²) in [5, 5.41) is 5.20. The van der Waals surface area contributed by atoms with Crippen molar-refractivity contribution >= 4 is 53.3 Å². The van der Waals surface area contributed by atoms with Gasteiger partial charge in [-0.1, -0.05) is 11.3 Å². The molecule has 0 spiro atoms. The van der Waals surface area contributed by atoms with Gasteiger partial charge in [0.2, 0.25) is 15.9 Å². The van der Waals surface area contributed by atoms with E-state index in [9.17, 15) is 26.4 Å². The van der Waals surface area contributed by atoms with Crippen molar-refractivity contribution in [2.24, 2.45) is 10.1 Å². The van der Waals surface area contributed by atoms with Crippen LogP contribution in [0, 0.1) is 0 Å². The maximum absolute atomic E-state index is 12.6. The molecule has 2 N–H and O–H groups in total. The van der Waals surface area contributed by atoms with E-state index in [0.717, 1.165) is 11.3 Å². The highest BCUT2D eigenvalue weighted by molar-refractivity contribution is 7.91. The first-order valence-corrected chi connectivity index (χ1v) is 14.7. The van der Waals surface area contributed by atoms with Gasteiger partial charge in [0.25, 0.3) is 0 Å². The second kappa shape index (κ2) is 11.3. The van der Waals surface area contributed by atoms with E-state index in [1.54, 1.807) is 19.1 Å². The molecular formula is C22H25N3O8S3. The summed E-state index contributed by atoms with van der Waals surface area (Å²) in [4.78, 5) is 28.9.